The molecular weight excluding hydrogens is 341 g/mol. The summed E-state index contributed by atoms with van der Waals surface area (Å²) >= 11 is 0. The number of H-pyrrole nitrogens is 1. The van der Waals surface area contributed by atoms with E-state index in [1.165, 1.54) is 17.3 Å². The van der Waals surface area contributed by atoms with Gasteiger partial charge in [0.05, 0.1) is 12.2 Å². The van der Waals surface area contributed by atoms with Crippen LogP contribution in [0, 0.1) is 11.2 Å². The Kier molecular flexibility index (Phi) is 3.44. The van der Waals surface area contributed by atoms with Crippen LogP contribution in [-0.2, 0) is 19.4 Å². The van der Waals surface area contributed by atoms with E-state index in [9.17, 15) is 4.39 Å². The minimum atomic E-state index is -0.222. The molecule has 0 atom stereocenters. The largest absolute Gasteiger partial charge is 0.282 e. The van der Waals surface area contributed by atoms with Crippen molar-refractivity contribution in [3.05, 3.63) is 65.4 Å². The number of rotatable bonds is 3. The van der Waals surface area contributed by atoms with Crippen LogP contribution < -0.4 is 0 Å². The van der Waals surface area contributed by atoms with E-state index in [2.05, 4.69) is 40.2 Å². The molecule has 6 heteroatoms. The van der Waals surface area contributed by atoms with Gasteiger partial charge in [0, 0.05) is 40.2 Å². The highest BCUT2D eigenvalue weighted by Crippen LogP contribution is 2.39. The Morgan fingerprint density at radius 3 is 2.93 bits per heavy atom. The first-order valence-electron chi connectivity index (χ1n) is 9.12. The minimum Gasteiger partial charge on any atom is -0.282 e. The van der Waals surface area contributed by atoms with E-state index in [1.807, 2.05) is 18.5 Å². The van der Waals surface area contributed by atoms with Gasteiger partial charge >= 0.3 is 0 Å². The van der Waals surface area contributed by atoms with Crippen LogP contribution >= 0.6 is 0 Å². The number of nitrogens with one attached hydrogen (secondary N) is 1. The maximum atomic E-state index is 13.9. The van der Waals surface area contributed by atoms with Crippen LogP contribution in [0.3, 0.4) is 0 Å². The number of halogens is 1. The molecule has 1 aromatic carbocycles. The van der Waals surface area contributed by atoms with Gasteiger partial charge in [-0.05, 0) is 30.4 Å². The number of hydrogen-bond acceptors (Lipinski definition) is 3. The SMILES string of the molecule is CC1(C)Cc2[nH]nc(-c3cnc4nn(Cc5ccccc5F)cc4c3)c2C1. The van der Waals surface area contributed by atoms with E-state index in [4.69, 9.17) is 0 Å². The second-order valence-corrected chi connectivity index (χ2v) is 8.10. The van der Waals surface area contributed by atoms with Gasteiger partial charge in [-0.3, -0.25) is 9.78 Å². The van der Waals surface area contributed by atoms with Crippen molar-refractivity contribution in [1.29, 1.82) is 0 Å². The van der Waals surface area contributed by atoms with Crippen molar-refractivity contribution < 1.29 is 4.39 Å². The highest BCUT2D eigenvalue weighted by atomic mass is 19.1. The first kappa shape index (κ1) is 16.2. The Hall–Kier alpha value is -3.02. The van der Waals surface area contributed by atoms with Crippen LogP contribution in [0.4, 0.5) is 4.39 Å². The molecule has 3 aromatic heterocycles. The Morgan fingerprint density at radius 2 is 2.07 bits per heavy atom. The quantitative estimate of drug-likeness (QED) is 0.597. The average molecular weight is 361 g/mol. The Balaban J connectivity index is 1.50. The van der Waals surface area contributed by atoms with Gasteiger partial charge in [-0.15, -0.1) is 0 Å². The van der Waals surface area contributed by atoms with Crippen molar-refractivity contribution in [2.45, 2.75) is 33.2 Å². The molecule has 0 bridgehead atoms. The van der Waals surface area contributed by atoms with Crippen LogP contribution in [0.5, 0.6) is 0 Å². The summed E-state index contributed by atoms with van der Waals surface area (Å²) in [4.78, 5) is 4.50. The Labute approximate surface area is 156 Å². The predicted octanol–water partition coefficient (Wildman–Crippen LogP) is 4.13. The number of benzene rings is 1. The van der Waals surface area contributed by atoms with Gasteiger partial charge in [0.2, 0.25) is 0 Å². The number of aromatic nitrogens is 5. The van der Waals surface area contributed by atoms with E-state index in [-0.39, 0.29) is 11.2 Å². The van der Waals surface area contributed by atoms with Crippen LogP contribution in [0.1, 0.15) is 30.7 Å². The van der Waals surface area contributed by atoms with E-state index in [0.29, 0.717) is 17.8 Å². The molecule has 0 amide bonds. The molecule has 1 aliphatic rings. The molecule has 3 heterocycles. The predicted molar refractivity (Wildman–Crippen MR) is 102 cm³/mol. The number of nitrogens with zero attached hydrogens (tertiary/aromatic N) is 4. The summed E-state index contributed by atoms with van der Waals surface area (Å²) in [6.07, 6.45) is 5.77. The molecule has 5 rings (SSSR count). The first-order chi connectivity index (χ1) is 13.0. The van der Waals surface area contributed by atoms with Crippen LogP contribution in [0.25, 0.3) is 22.3 Å². The molecular formula is C21H20FN5. The standard InChI is InChI=1S/C21H20FN5/c1-21(2)8-16-18(9-21)24-25-19(16)14-7-15-12-27(26-20(15)23-10-14)11-13-5-3-4-6-17(13)22/h3-7,10,12H,8-9,11H2,1-2H3,(H,24,25). The van der Waals surface area contributed by atoms with E-state index in [0.717, 1.165) is 29.5 Å². The maximum absolute atomic E-state index is 13.9. The van der Waals surface area contributed by atoms with Crippen molar-refractivity contribution in [2.24, 2.45) is 5.41 Å². The van der Waals surface area contributed by atoms with Gasteiger partial charge in [-0.25, -0.2) is 9.37 Å². The molecule has 0 fully saturated rings. The van der Waals surface area contributed by atoms with Gasteiger partial charge < -0.3 is 0 Å². The molecule has 1 aliphatic carbocycles. The van der Waals surface area contributed by atoms with Crippen LogP contribution in [0.2, 0.25) is 0 Å². The van der Waals surface area contributed by atoms with Gasteiger partial charge in [-0.2, -0.15) is 10.2 Å². The van der Waals surface area contributed by atoms with Gasteiger partial charge in [0.1, 0.15) is 5.82 Å². The van der Waals surface area contributed by atoms with Gasteiger partial charge in [0.15, 0.2) is 5.65 Å². The summed E-state index contributed by atoms with van der Waals surface area (Å²) in [6.45, 7) is 4.93. The zero-order valence-electron chi connectivity index (χ0n) is 15.3. The molecule has 4 aromatic rings. The summed E-state index contributed by atoms with van der Waals surface area (Å²) < 4.78 is 15.6. The number of fused-ring (bicyclic) bond motifs is 2. The highest BCUT2D eigenvalue weighted by Gasteiger charge is 2.32. The second kappa shape index (κ2) is 5.74. The van der Waals surface area contributed by atoms with Crippen molar-refractivity contribution in [2.75, 3.05) is 0 Å². The Bertz CT molecular complexity index is 1150. The molecule has 0 saturated carbocycles. The average Bonchev–Trinajstić information content (AvgIpc) is 3.27. The van der Waals surface area contributed by atoms with Gasteiger partial charge in [-0.1, -0.05) is 32.0 Å². The third-order valence-corrected chi connectivity index (χ3v) is 5.23. The van der Waals surface area contributed by atoms with Crippen LogP contribution in [0.15, 0.2) is 42.7 Å². The number of hydrogen-bond donors (Lipinski definition) is 1. The molecule has 136 valence electrons. The molecule has 0 radical (unpaired) electrons. The number of pyridine rings is 1. The van der Waals surface area contributed by atoms with Crippen molar-refractivity contribution >= 4 is 11.0 Å². The second-order valence-electron chi connectivity index (χ2n) is 8.10. The highest BCUT2D eigenvalue weighted by molar-refractivity contribution is 5.80. The summed E-state index contributed by atoms with van der Waals surface area (Å²) in [7, 11) is 0. The van der Waals surface area contributed by atoms with Gasteiger partial charge in [0.25, 0.3) is 0 Å². The topological polar surface area (TPSA) is 59.4 Å². The fourth-order valence-electron chi connectivity index (χ4n) is 3.97. The minimum absolute atomic E-state index is 0.222. The third-order valence-electron chi connectivity index (χ3n) is 5.23. The molecule has 27 heavy (non-hydrogen) atoms. The normalized spacial score (nSPS) is 15.4. The lowest BCUT2D eigenvalue weighted by molar-refractivity contribution is 0.388. The summed E-state index contributed by atoms with van der Waals surface area (Å²) in [5.74, 6) is -0.222. The first-order valence-corrected chi connectivity index (χ1v) is 9.12. The fourth-order valence-corrected chi connectivity index (χ4v) is 3.97. The molecule has 5 nitrogen and oxygen atoms in total. The summed E-state index contributed by atoms with van der Waals surface area (Å²) in [5, 5.41) is 13.1. The summed E-state index contributed by atoms with van der Waals surface area (Å²) in [5.41, 5.74) is 6.02. The zero-order valence-corrected chi connectivity index (χ0v) is 15.3. The monoisotopic (exact) mass is 361 g/mol. The zero-order chi connectivity index (χ0) is 18.6. The number of aromatic amines is 1. The third kappa shape index (κ3) is 2.81. The maximum Gasteiger partial charge on any atom is 0.181 e. The van der Waals surface area contributed by atoms with Crippen molar-refractivity contribution in [3.63, 3.8) is 0 Å². The lowest BCUT2D eigenvalue weighted by atomic mass is 9.90. The Morgan fingerprint density at radius 1 is 1.22 bits per heavy atom. The lowest BCUT2D eigenvalue weighted by Crippen LogP contribution is -2.11. The fraction of sp³-hybridized carbons (Fsp3) is 0.286. The molecule has 0 saturated heterocycles. The lowest BCUT2D eigenvalue weighted by Gasteiger charge is -2.15. The van der Waals surface area contributed by atoms with E-state index in [1.54, 1.807) is 16.8 Å². The molecule has 0 spiro atoms. The van der Waals surface area contributed by atoms with Crippen molar-refractivity contribution in [1.82, 2.24) is 25.0 Å². The summed E-state index contributed by atoms with van der Waals surface area (Å²) in [6, 6.07) is 8.83. The molecule has 0 unspecified atom stereocenters. The van der Waals surface area contributed by atoms with E-state index < -0.39 is 0 Å². The molecule has 0 aliphatic heterocycles. The smallest absolute Gasteiger partial charge is 0.181 e. The van der Waals surface area contributed by atoms with Crippen molar-refractivity contribution in [3.8, 4) is 11.3 Å². The molecule has 1 N–H and O–H groups in total. The van der Waals surface area contributed by atoms with E-state index >= 15 is 0 Å². The van der Waals surface area contributed by atoms with Crippen LogP contribution in [-0.4, -0.2) is 25.0 Å².